The Morgan fingerprint density at radius 1 is 0.982 bits per heavy atom. The van der Waals surface area contributed by atoms with Crippen LogP contribution in [-0.4, -0.2) is 73.0 Å². The molecule has 2 aromatic rings. The van der Waals surface area contributed by atoms with Crippen molar-refractivity contribution >= 4 is 38.0 Å². The number of ketones is 2. The molecular formula is C40H56N2O12Si. The van der Waals surface area contributed by atoms with Gasteiger partial charge in [0, 0.05) is 11.5 Å². The lowest BCUT2D eigenvalue weighted by molar-refractivity contribution is -0.152. The summed E-state index contributed by atoms with van der Waals surface area (Å²) in [6.45, 7) is 20.6. The fourth-order valence-electron chi connectivity index (χ4n) is 7.38. The standard InChI is InChI=1S/C40H56N2O12Si/c1-12-14-19-48-35-27-32(53-42-35)29(41)28-31(51-36(46)49-20-15-13-2)24-21(3)22-17-16-18-23(50-37(47)52-38(4,5)6)25(22)30(43)26(24)33(44)40(28,34(27)45)54-55(10,11)39(7,8)9/h16-18,21,24,28-29,31,43H,12-15,19-20,41H2,1-11H3/t21-,24+,28+,29-,31-,40-/m0/s1. The number of Topliss-reactive ketones (excluding diaryl/α,β-unsaturated/α-hetero) is 2. The van der Waals surface area contributed by atoms with Crippen molar-refractivity contribution in [2.45, 2.75) is 135 Å². The van der Waals surface area contributed by atoms with Crippen molar-refractivity contribution in [3.05, 3.63) is 46.2 Å². The van der Waals surface area contributed by atoms with Gasteiger partial charge in [0.05, 0.1) is 30.7 Å². The predicted octanol–water partition coefficient (Wildman–Crippen LogP) is 8.35. The van der Waals surface area contributed by atoms with Crippen LogP contribution in [0, 0.1) is 11.8 Å². The fraction of sp³-hybridized carbons (Fsp3) is 0.625. The van der Waals surface area contributed by atoms with E-state index >= 15 is 9.59 Å². The third-order valence-electron chi connectivity index (χ3n) is 11.1. The van der Waals surface area contributed by atoms with E-state index in [-0.39, 0.29) is 47.3 Å². The first kappa shape index (κ1) is 41.9. The normalized spacial score (nSPS) is 25.0. The summed E-state index contributed by atoms with van der Waals surface area (Å²) in [5.74, 6) is -5.63. The van der Waals surface area contributed by atoms with E-state index in [1.54, 1.807) is 39.8 Å². The lowest BCUT2D eigenvalue weighted by Crippen LogP contribution is -2.72. The summed E-state index contributed by atoms with van der Waals surface area (Å²) in [6.07, 6.45) is -0.681. The molecule has 302 valence electrons. The second-order valence-electron chi connectivity index (χ2n) is 17.1. The molecule has 1 saturated carbocycles. The molecule has 55 heavy (non-hydrogen) atoms. The molecule has 5 rings (SSSR count). The van der Waals surface area contributed by atoms with Crippen molar-refractivity contribution in [1.82, 2.24) is 5.16 Å². The summed E-state index contributed by atoms with van der Waals surface area (Å²) in [4.78, 5) is 57.7. The van der Waals surface area contributed by atoms with Crippen LogP contribution in [0.4, 0.5) is 9.59 Å². The van der Waals surface area contributed by atoms with Gasteiger partial charge in [-0.1, -0.05) is 66.5 Å². The number of rotatable bonds is 11. The average molecular weight is 785 g/mol. The lowest BCUT2D eigenvalue weighted by Gasteiger charge is -2.56. The van der Waals surface area contributed by atoms with Crippen molar-refractivity contribution in [3.8, 4) is 11.6 Å². The number of aliphatic hydroxyl groups is 1. The van der Waals surface area contributed by atoms with Gasteiger partial charge in [0.2, 0.25) is 11.6 Å². The van der Waals surface area contributed by atoms with Gasteiger partial charge >= 0.3 is 12.3 Å². The van der Waals surface area contributed by atoms with E-state index in [0.29, 0.717) is 18.4 Å². The number of fused-ring (bicyclic) bond motifs is 4. The van der Waals surface area contributed by atoms with Crippen molar-refractivity contribution < 1.29 is 56.9 Å². The number of aromatic nitrogens is 1. The number of carbonyl (C=O) groups excluding carboxylic acids is 4. The third-order valence-corrected chi connectivity index (χ3v) is 15.5. The number of carbonyl (C=O) groups is 4. The molecule has 0 unspecified atom stereocenters. The number of aliphatic hydroxyl groups excluding tert-OH is 1. The number of nitrogens with zero attached hydrogens (tertiary/aromatic N) is 1. The predicted molar refractivity (Wildman–Crippen MR) is 204 cm³/mol. The second kappa shape index (κ2) is 15.4. The number of hydrogen-bond acceptors (Lipinski definition) is 14. The summed E-state index contributed by atoms with van der Waals surface area (Å²) in [6, 6.07) is 3.54. The Balaban J connectivity index is 1.81. The summed E-state index contributed by atoms with van der Waals surface area (Å²) in [7, 11) is -3.14. The molecule has 3 N–H and O–H groups in total. The number of benzene rings is 1. The monoisotopic (exact) mass is 784 g/mol. The quantitative estimate of drug-likeness (QED) is 0.0725. The van der Waals surface area contributed by atoms with E-state index in [1.165, 1.54) is 6.07 Å². The first-order valence-electron chi connectivity index (χ1n) is 19.1. The van der Waals surface area contributed by atoms with Crippen LogP contribution in [0.2, 0.25) is 18.1 Å². The first-order valence-corrected chi connectivity index (χ1v) is 22.0. The molecule has 0 aliphatic heterocycles. The molecule has 6 atom stereocenters. The van der Waals surface area contributed by atoms with Crippen molar-refractivity contribution in [3.63, 3.8) is 0 Å². The van der Waals surface area contributed by atoms with Crippen LogP contribution in [-0.2, 0) is 23.4 Å². The smallest absolute Gasteiger partial charge is 0.507 e. The van der Waals surface area contributed by atoms with Gasteiger partial charge in [-0.3, -0.25) is 9.59 Å². The number of ether oxygens (including phenoxy) is 5. The first-order chi connectivity index (χ1) is 25.6. The van der Waals surface area contributed by atoms with Crippen LogP contribution in [0.15, 0.2) is 28.3 Å². The lowest BCUT2D eigenvalue weighted by atomic mass is 9.54. The van der Waals surface area contributed by atoms with Crippen molar-refractivity contribution in [2.24, 2.45) is 17.6 Å². The van der Waals surface area contributed by atoms with Gasteiger partial charge in [-0.25, -0.2) is 9.59 Å². The summed E-state index contributed by atoms with van der Waals surface area (Å²) < 4.78 is 41.4. The molecular weight excluding hydrogens is 729 g/mol. The van der Waals surface area contributed by atoms with E-state index in [0.717, 1.165) is 12.8 Å². The molecule has 15 heteroatoms. The molecule has 0 radical (unpaired) electrons. The Morgan fingerprint density at radius 2 is 1.64 bits per heavy atom. The SMILES string of the molecule is CCCCOC(=O)O[C@H]1[C@H]2C(=C(O)c3c(OC(=O)OC(C)(C)C)cccc3[C@@H]2C)C(=O)[C@]2(O[Si](C)(C)C(C)(C)C)C(=O)c3c(OCCCC)noc3[C@@H](N)[C@H]12. The van der Waals surface area contributed by atoms with Crippen LogP contribution in [0.3, 0.4) is 0 Å². The molecule has 1 fully saturated rings. The maximum Gasteiger partial charge on any atom is 0.514 e. The fourth-order valence-corrected chi connectivity index (χ4v) is 8.81. The highest BCUT2D eigenvalue weighted by Crippen LogP contribution is 2.60. The number of nitrogens with two attached hydrogens (primary N) is 1. The average Bonchev–Trinajstić information content (AvgIpc) is 3.50. The summed E-state index contributed by atoms with van der Waals surface area (Å²) in [5, 5.41) is 15.9. The van der Waals surface area contributed by atoms with Crippen LogP contribution < -0.4 is 15.2 Å². The van der Waals surface area contributed by atoms with Crippen molar-refractivity contribution in [2.75, 3.05) is 13.2 Å². The summed E-state index contributed by atoms with van der Waals surface area (Å²) >= 11 is 0. The van der Waals surface area contributed by atoms with E-state index in [2.05, 4.69) is 5.16 Å². The molecule has 0 saturated heterocycles. The minimum atomic E-state index is -3.14. The largest absolute Gasteiger partial charge is 0.514 e. The van der Waals surface area contributed by atoms with E-state index in [9.17, 15) is 14.7 Å². The topological polar surface area (TPSA) is 196 Å². The van der Waals surface area contributed by atoms with Gasteiger partial charge in [-0.05, 0) is 74.4 Å². The molecule has 1 aromatic carbocycles. The van der Waals surface area contributed by atoms with Crippen LogP contribution in [0.5, 0.6) is 11.6 Å². The Kier molecular flexibility index (Phi) is 11.7. The zero-order valence-corrected chi connectivity index (χ0v) is 34.8. The molecule has 0 spiro atoms. The maximum atomic E-state index is 15.7. The zero-order chi connectivity index (χ0) is 40.8. The maximum absolute atomic E-state index is 15.7. The Morgan fingerprint density at radius 3 is 2.25 bits per heavy atom. The van der Waals surface area contributed by atoms with Crippen LogP contribution in [0.1, 0.15) is 127 Å². The Hall–Kier alpha value is -4.21. The number of unbranched alkanes of at least 4 members (excludes halogenated alkanes) is 2. The van der Waals surface area contributed by atoms with Crippen LogP contribution >= 0.6 is 0 Å². The van der Waals surface area contributed by atoms with Gasteiger partial charge in [0.1, 0.15) is 28.8 Å². The van der Waals surface area contributed by atoms with E-state index < -0.39 is 84.1 Å². The Labute approximate surface area is 323 Å². The second-order valence-corrected chi connectivity index (χ2v) is 21.9. The van der Waals surface area contributed by atoms with Crippen LogP contribution in [0.25, 0.3) is 5.76 Å². The van der Waals surface area contributed by atoms with Gasteiger partial charge in [0.15, 0.2) is 19.7 Å². The minimum Gasteiger partial charge on any atom is -0.507 e. The molecule has 1 aromatic heterocycles. The van der Waals surface area contributed by atoms with Gasteiger partial charge in [-0.15, -0.1) is 0 Å². The number of hydrogen-bond donors (Lipinski definition) is 2. The summed E-state index contributed by atoms with van der Waals surface area (Å²) in [5.41, 5.74) is 3.89. The van der Waals surface area contributed by atoms with E-state index in [1.807, 2.05) is 47.7 Å². The highest BCUT2D eigenvalue weighted by molar-refractivity contribution is 6.74. The molecule has 0 bridgehead atoms. The van der Waals surface area contributed by atoms with Gasteiger partial charge in [0.25, 0.3) is 5.88 Å². The zero-order valence-electron chi connectivity index (χ0n) is 33.8. The van der Waals surface area contributed by atoms with Gasteiger partial charge < -0.3 is 43.5 Å². The molecule has 3 aliphatic rings. The Bertz CT molecular complexity index is 1850. The molecule has 1 heterocycles. The molecule has 0 amide bonds. The molecule has 14 nitrogen and oxygen atoms in total. The van der Waals surface area contributed by atoms with E-state index in [4.69, 9.17) is 38.4 Å². The third kappa shape index (κ3) is 7.54. The highest BCUT2D eigenvalue weighted by atomic mass is 28.4. The van der Waals surface area contributed by atoms with Gasteiger partial charge in [-0.2, -0.15) is 0 Å². The highest BCUT2D eigenvalue weighted by Gasteiger charge is 2.72. The molecule has 3 aliphatic carbocycles. The minimum absolute atomic E-state index is 0.0368. The van der Waals surface area contributed by atoms with Crippen molar-refractivity contribution in [1.29, 1.82) is 0 Å².